The monoisotopic (exact) mass is 361 g/mol. The molecular weight excluding hydrogens is 342 g/mol. The van der Waals surface area contributed by atoms with E-state index in [1.165, 1.54) is 5.56 Å². The minimum Gasteiger partial charge on any atom is -0.497 e. The third-order valence-electron chi connectivity index (χ3n) is 4.65. The van der Waals surface area contributed by atoms with Crippen molar-refractivity contribution in [1.82, 2.24) is 0 Å². The SMILES string of the molecule is COc1ccc2c(c1)OCC(/C=C1\N=C(c3ccc(C)c(C)c3)OC1=O)=C2. The number of hydrogen-bond acceptors (Lipinski definition) is 5. The molecule has 2 aliphatic rings. The summed E-state index contributed by atoms with van der Waals surface area (Å²) in [5.41, 5.74) is 5.15. The molecule has 0 saturated carbocycles. The maximum absolute atomic E-state index is 12.2. The molecule has 2 aliphatic heterocycles. The van der Waals surface area contributed by atoms with Gasteiger partial charge in [0.1, 0.15) is 18.1 Å². The molecule has 2 aromatic rings. The number of cyclic esters (lactones) is 1. The van der Waals surface area contributed by atoms with Crippen molar-refractivity contribution < 1.29 is 19.0 Å². The standard InChI is InChI=1S/C22H19NO4/c1-13-4-5-17(8-14(13)2)21-23-19(22(24)27-21)10-15-9-16-6-7-18(25-3)11-20(16)26-12-15/h4-11H,12H2,1-3H3/b19-10-. The molecule has 0 fully saturated rings. The van der Waals surface area contributed by atoms with Crippen LogP contribution in [0.25, 0.3) is 6.08 Å². The van der Waals surface area contributed by atoms with Crippen molar-refractivity contribution in [2.45, 2.75) is 13.8 Å². The van der Waals surface area contributed by atoms with Crippen molar-refractivity contribution in [2.24, 2.45) is 4.99 Å². The summed E-state index contributed by atoms with van der Waals surface area (Å²) in [5.74, 6) is 1.37. The van der Waals surface area contributed by atoms with Gasteiger partial charge < -0.3 is 14.2 Å². The number of ether oxygens (including phenoxy) is 3. The number of benzene rings is 2. The van der Waals surface area contributed by atoms with Gasteiger partial charge in [0.25, 0.3) is 0 Å². The van der Waals surface area contributed by atoms with E-state index in [2.05, 4.69) is 4.99 Å². The summed E-state index contributed by atoms with van der Waals surface area (Å²) in [5, 5.41) is 0. The van der Waals surface area contributed by atoms with E-state index >= 15 is 0 Å². The van der Waals surface area contributed by atoms with E-state index in [1.807, 2.05) is 56.3 Å². The average Bonchev–Trinajstić information content (AvgIpc) is 3.04. The van der Waals surface area contributed by atoms with E-state index in [-0.39, 0.29) is 5.70 Å². The Hall–Kier alpha value is -3.34. The molecule has 136 valence electrons. The fourth-order valence-corrected chi connectivity index (χ4v) is 2.95. The van der Waals surface area contributed by atoms with Crippen LogP contribution in [0.5, 0.6) is 11.5 Å². The molecule has 0 N–H and O–H groups in total. The maximum atomic E-state index is 12.2. The van der Waals surface area contributed by atoms with Crippen LogP contribution in [0.2, 0.25) is 0 Å². The molecule has 0 radical (unpaired) electrons. The third kappa shape index (κ3) is 3.36. The van der Waals surface area contributed by atoms with Crippen molar-refractivity contribution >= 4 is 17.9 Å². The Morgan fingerprint density at radius 2 is 1.96 bits per heavy atom. The van der Waals surface area contributed by atoms with Gasteiger partial charge in [-0.2, -0.15) is 0 Å². The zero-order chi connectivity index (χ0) is 19.0. The minimum atomic E-state index is -0.454. The van der Waals surface area contributed by atoms with Gasteiger partial charge in [0.2, 0.25) is 5.90 Å². The van der Waals surface area contributed by atoms with Crippen molar-refractivity contribution in [3.05, 3.63) is 76.0 Å². The summed E-state index contributed by atoms with van der Waals surface area (Å²) in [6.45, 7) is 4.41. The van der Waals surface area contributed by atoms with Crippen molar-refractivity contribution in [3.8, 4) is 11.5 Å². The molecule has 5 nitrogen and oxygen atoms in total. The molecule has 0 saturated heterocycles. The van der Waals surface area contributed by atoms with Gasteiger partial charge in [-0.15, -0.1) is 0 Å². The van der Waals surface area contributed by atoms with Gasteiger partial charge in [0.15, 0.2) is 5.70 Å². The number of aryl methyl sites for hydroxylation is 2. The first-order valence-electron chi connectivity index (χ1n) is 8.65. The van der Waals surface area contributed by atoms with E-state index < -0.39 is 5.97 Å². The van der Waals surface area contributed by atoms with Crippen LogP contribution in [-0.4, -0.2) is 25.6 Å². The van der Waals surface area contributed by atoms with E-state index in [1.54, 1.807) is 13.2 Å². The summed E-state index contributed by atoms with van der Waals surface area (Å²) >= 11 is 0. The van der Waals surface area contributed by atoms with E-state index in [9.17, 15) is 4.79 Å². The molecule has 4 rings (SSSR count). The first-order chi connectivity index (χ1) is 13.0. The second-order valence-corrected chi connectivity index (χ2v) is 6.55. The highest BCUT2D eigenvalue weighted by Gasteiger charge is 2.25. The summed E-state index contributed by atoms with van der Waals surface area (Å²) in [6.07, 6.45) is 3.69. The lowest BCUT2D eigenvalue weighted by Gasteiger charge is -2.16. The van der Waals surface area contributed by atoms with Crippen LogP contribution in [0.3, 0.4) is 0 Å². The van der Waals surface area contributed by atoms with E-state index in [4.69, 9.17) is 14.2 Å². The number of esters is 1. The second-order valence-electron chi connectivity index (χ2n) is 6.55. The number of carbonyl (C=O) groups is 1. The fourth-order valence-electron chi connectivity index (χ4n) is 2.95. The van der Waals surface area contributed by atoms with E-state index in [0.717, 1.165) is 33.8 Å². The molecule has 0 amide bonds. The predicted octanol–water partition coefficient (Wildman–Crippen LogP) is 3.98. The quantitative estimate of drug-likeness (QED) is 0.613. The highest BCUT2D eigenvalue weighted by molar-refractivity contribution is 6.11. The normalized spacial score (nSPS) is 17.0. The molecule has 0 bridgehead atoms. The average molecular weight is 361 g/mol. The first kappa shape index (κ1) is 17.1. The number of nitrogens with zero attached hydrogens (tertiary/aromatic N) is 1. The van der Waals surface area contributed by atoms with Crippen LogP contribution in [0.15, 0.2) is 58.7 Å². The molecule has 27 heavy (non-hydrogen) atoms. The molecule has 5 heteroatoms. The zero-order valence-electron chi connectivity index (χ0n) is 15.4. The van der Waals surface area contributed by atoms with Gasteiger partial charge in [-0.1, -0.05) is 6.07 Å². The van der Waals surface area contributed by atoms with Crippen LogP contribution in [0.4, 0.5) is 0 Å². The molecular formula is C22H19NO4. The first-order valence-corrected chi connectivity index (χ1v) is 8.65. The second kappa shape index (κ2) is 6.76. The van der Waals surface area contributed by atoms with Crippen molar-refractivity contribution in [2.75, 3.05) is 13.7 Å². The largest absolute Gasteiger partial charge is 0.497 e. The third-order valence-corrected chi connectivity index (χ3v) is 4.65. The molecule has 2 aromatic carbocycles. The van der Waals surface area contributed by atoms with Crippen LogP contribution in [-0.2, 0) is 9.53 Å². The Balaban J connectivity index is 1.63. The number of fused-ring (bicyclic) bond motifs is 1. The Kier molecular flexibility index (Phi) is 4.28. The number of aliphatic imine (C=N–C) groups is 1. The van der Waals surface area contributed by atoms with Crippen molar-refractivity contribution in [1.29, 1.82) is 0 Å². The molecule has 0 spiro atoms. The molecule has 0 unspecified atom stereocenters. The highest BCUT2D eigenvalue weighted by atomic mass is 16.6. The molecule has 0 aliphatic carbocycles. The predicted molar refractivity (Wildman–Crippen MR) is 103 cm³/mol. The lowest BCUT2D eigenvalue weighted by Crippen LogP contribution is -2.08. The topological polar surface area (TPSA) is 57.1 Å². The Bertz CT molecular complexity index is 1030. The Labute approximate surface area is 157 Å². The van der Waals surface area contributed by atoms with Crippen LogP contribution < -0.4 is 9.47 Å². The van der Waals surface area contributed by atoms with Crippen molar-refractivity contribution in [3.63, 3.8) is 0 Å². The Morgan fingerprint density at radius 3 is 2.74 bits per heavy atom. The lowest BCUT2D eigenvalue weighted by molar-refractivity contribution is -0.130. The Morgan fingerprint density at radius 1 is 1.11 bits per heavy atom. The van der Waals surface area contributed by atoms with Crippen LogP contribution in [0.1, 0.15) is 22.3 Å². The molecule has 2 heterocycles. The molecule has 0 atom stereocenters. The van der Waals surface area contributed by atoms with Gasteiger partial charge in [-0.25, -0.2) is 9.79 Å². The molecule has 0 aromatic heterocycles. The van der Waals surface area contributed by atoms with E-state index in [0.29, 0.717) is 12.5 Å². The number of methoxy groups -OCH3 is 1. The van der Waals surface area contributed by atoms with Gasteiger partial charge in [0, 0.05) is 17.2 Å². The number of carbonyl (C=O) groups excluding carboxylic acids is 1. The fraction of sp³-hybridized carbons (Fsp3) is 0.182. The number of hydrogen-bond donors (Lipinski definition) is 0. The van der Waals surface area contributed by atoms with Gasteiger partial charge in [-0.3, -0.25) is 0 Å². The summed E-state index contributed by atoms with van der Waals surface area (Å²) in [4.78, 5) is 16.6. The number of rotatable bonds is 3. The lowest BCUT2D eigenvalue weighted by atomic mass is 10.1. The van der Waals surface area contributed by atoms with Crippen LogP contribution in [0, 0.1) is 13.8 Å². The van der Waals surface area contributed by atoms with Gasteiger partial charge >= 0.3 is 5.97 Å². The van der Waals surface area contributed by atoms with Gasteiger partial charge in [0.05, 0.1) is 7.11 Å². The van der Waals surface area contributed by atoms with Gasteiger partial charge in [-0.05, 0) is 67.0 Å². The summed E-state index contributed by atoms with van der Waals surface area (Å²) < 4.78 is 16.3. The smallest absolute Gasteiger partial charge is 0.363 e. The summed E-state index contributed by atoms with van der Waals surface area (Å²) in [6, 6.07) is 11.5. The maximum Gasteiger partial charge on any atom is 0.363 e. The van der Waals surface area contributed by atoms with Crippen LogP contribution >= 0.6 is 0 Å². The zero-order valence-corrected chi connectivity index (χ0v) is 15.4. The highest BCUT2D eigenvalue weighted by Crippen LogP contribution is 2.31. The summed E-state index contributed by atoms with van der Waals surface area (Å²) in [7, 11) is 1.62. The minimum absolute atomic E-state index is 0.273.